The zero-order chi connectivity index (χ0) is 11.5. The van der Waals surface area contributed by atoms with Crippen molar-refractivity contribution in [1.82, 2.24) is 0 Å². The smallest absolute Gasteiger partial charge is 0.244 e. The van der Waals surface area contributed by atoms with Gasteiger partial charge in [0.1, 0.15) is 6.17 Å². The topological polar surface area (TPSA) is 0 Å². The molecule has 7 heteroatoms. The van der Waals surface area contributed by atoms with E-state index in [1.807, 2.05) is 0 Å². The first-order valence-corrected chi connectivity index (χ1v) is 3.83. The Morgan fingerprint density at radius 2 is 1.43 bits per heavy atom. The van der Waals surface area contributed by atoms with Crippen LogP contribution in [0.4, 0.5) is 30.7 Å². The van der Waals surface area contributed by atoms with Crippen LogP contribution >= 0.6 is 0 Å². The molecule has 0 fully saturated rings. The molecule has 0 heterocycles. The number of rotatable bonds is 5. The van der Waals surface area contributed by atoms with Crippen molar-refractivity contribution in [2.75, 3.05) is 0 Å². The second kappa shape index (κ2) is 4.84. The van der Waals surface area contributed by atoms with E-state index in [0.29, 0.717) is 0 Å². The molecule has 0 saturated heterocycles. The first-order chi connectivity index (χ1) is 6.25. The van der Waals surface area contributed by atoms with Crippen molar-refractivity contribution in [3.8, 4) is 0 Å². The van der Waals surface area contributed by atoms with Crippen LogP contribution in [0.1, 0.15) is 13.3 Å². The van der Waals surface area contributed by atoms with Gasteiger partial charge >= 0.3 is 12.3 Å². The maximum atomic E-state index is 12.5. The Kier molecular flexibility index (Phi) is 4.67. The van der Waals surface area contributed by atoms with Crippen LogP contribution in [-0.2, 0) is 0 Å². The van der Waals surface area contributed by atoms with Gasteiger partial charge in [0.2, 0.25) is 6.17 Å². The average molecular weight is 226 g/mol. The van der Waals surface area contributed by atoms with E-state index in [9.17, 15) is 30.7 Å². The Morgan fingerprint density at radius 1 is 1.00 bits per heavy atom. The van der Waals surface area contributed by atoms with E-state index in [2.05, 4.69) is 0 Å². The first kappa shape index (κ1) is 13.5. The summed E-state index contributed by atoms with van der Waals surface area (Å²) in [5, 5.41) is 0. The molecule has 0 saturated carbocycles. The highest BCUT2D eigenvalue weighted by molar-refractivity contribution is 4.88. The molecule has 0 aromatic heterocycles. The van der Waals surface area contributed by atoms with Crippen LogP contribution in [0.3, 0.4) is 0 Å². The second-order valence-electron chi connectivity index (χ2n) is 2.75. The number of halogens is 7. The molecule has 0 bridgehead atoms. The highest BCUT2D eigenvalue weighted by atomic mass is 19.3. The Morgan fingerprint density at radius 3 is 1.71 bits per heavy atom. The van der Waals surface area contributed by atoms with Crippen molar-refractivity contribution in [3.05, 3.63) is 0 Å². The molecule has 0 aliphatic rings. The van der Waals surface area contributed by atoms with Gasteiger partial charge in [-0.25, -0.2) is 22.0 Å². The number of hydrogen-bond donors (Lipinski definition) is 0. The Bertz CT molecular complexity index is 169. The van der Waals surface area contributed by atoms with Gasteiger partial charge in [-0.3, -0.25) is 0 Å². The Balaban J connectivity index is 4.52. The summed E-state index contributed by atoms with van der Waals surface area (Å²) in [4.78, 5) is 0. The maximum Gasteiger partial charge on any atom is 0.340 e. The van der Waals surface area contributed by atoms with Gasteiger partial charge in [0.05, 0.1) is 0 Å². The third-order valence-electron chi connectivity index (χ3n) is 1.67. The fourth-order valence-corrected chi connectivity index (χ4v) is 0.741. The molecule has 2 unspecified atom stereocenters. The van der Waals surface area contributed by atoms with Crippen LogP contribution in [-0.4, -0.2) is 30.9 Å². The van der Waals surface area contributed by atoms with E-state index in [1.54, 1.807) is 0 Å². The zero-order valence-electron chi connectivity index (χ0n) is 7.16. The Hall–Kier alpha value is -0.490. The molecule has 0 radical (unpaired) electrons. The average Bonchev–Trinajstić information content (AvgIpc) is 2.13. The maximum absolute atomic E-state index is 12.5. The quantitative estimate of drug-likeness (QED) is 0.631. The van der Waals surface area contributed by atoms with Gasteiger partial charge in [0.25, 0.3) is 0 Å². The molecule has 86 valence electrons. The molecule has 0 aliphatic carbocycles. The highest BCUT2D eigenvalue weighted by Crippen LogP contribution is 2.33. The Labute approximate surface area is 76.1 Å². The monoisotopic (exact) mass is 226 g/mol. The van der Waals surface area contributed by atoms with Crippen molar-refractivity contribution >= 4 is 0 Å². The van der Waals surface area contributed by atoms with Gasteiger partial charge in [-0.15, -0.1) is 0 Å². The van der Waals surface area contributed by atoms with Crippen LogP contribution in [0, 0.1) is 0 Å². The molecule has 0 aromatic rings. The fraction of sp³-hybridized carbons (Fsp3) is 1.00. The lowest BCUT2D eigenvalue weighted by Crippen LogP contribution is -2.46. The molecule has 0 rings (SSSR count). The van der Waals surface area contributed by atoms with E-state index in [-0.39, 0.29) is 0 Å². The van der Waals surface area contributed by atoms with Crippen LogP contribution < -0.4 is 0 Å². The van der Waals surface area contributed by atoms with Crippen molar-refractivity contribution < 1.29 is 30.7 Å². The van der Waals surface area contributed by atoms with E-state index >= 15 is 0 Å². The molecule has 0 N–H and O–H groups in total. The molecule has 0 nitrogen and oxygen atoms in total. The van der Waals surface area contributed by atoms with Gasteiger partial charge in [-0.1, -0.05) is 6.92 Å². The van der Waals surface area contributed by atoms with E-state index in [1.165, 1.54) is 0 Å². The van der Waals surface area contributed by atoms with Crippen LogP contribution in [0.15, 0.2) is 0 Å². The molecule has 0 aromatic carbocycles. The lowest BCUT2D eigenvalue weighted by molar-refractivity contribution is -0.190. The van der Waals surface area contributed by atoms with Crippen molar-refractivity contribution in [2.24, 2.45) is 0 Å². The fourth-order valence-electron chi connectivity index (χ4n) is 0.741. The number of hydrogen-bond acceptors (Lipinski definition) is 0. The summed E-state index contributed by atoms with van der Waals surface area (Å²) in [5.74, 6) is -5.15. The van der Waals surface area contributed by atoms with E-state index < -0.39 is 37.3 Å². The summed E-state index contributed by atoms with van der Waals surface area (Å²) in [6.45, 7) is 1.09. The van der Waals surface area contributed by atoms with Crippen LogP contribution in [0.2, 0.25) is 0 Å². The minimum absolute atomic E-state index is 0.555. The summed E-state index contributed by atoms with van der Waals surface area (Å²) in [6.07, 6.45) is -14.5. The van der Waals surface area contributed by atoms with E-state index in [0.717, 1.165) is 6.92 Å². The van der Waals surface area contributed by atoms with Crippen LogP contribution in [0.5, 0.6) is 0 Å². The van der Waals surface area contributed by atoms with E-state index in [4.69, 9.17) is 0 Å². The summed E-state index contributed by atoms with van der Waals surface area (Å²) in [6, 6.07) is 0. The summed E-state index contributed by atoms with van der Waals surface area (Å²) in [7, 11) is 0. The van der Waals surface area contributed by atoms with Gasteiger partial charge < -0.3 is 0 Å². The molecule has 3 atom stereocenters. The lowest BCUT2D eigenvalue weighted by atomic mass is 10.0. The SMILES string of the molecule is CCC(F)C(F)[C@H](F)C(F)(F)C(F)F. The number of alkyl halides is 7. The summed E-state index contributed by atoms with van der Waals surface area (Å²) in [5.41, 5.74) is 0. The molecule has 0 spiro atoms. The van der Waals surface area contributed by atoms with Gasteiger partial charge in [-0.05, 0) is 6.42 Å². The predicted octanol–water partition coefficient (Wildman–Crippen LogP) is 3.31. The molecular formula is C7H9F7. The normalized spacial score (nSPS) is 19.5. The molecule has 0 amide bonds. The molecular weight excluding hydrogens is 217 g/mol. The van der Waals surface area contributed by atoms with Crippen molar-refractivity contribution in [2.45, 2.75) is 44.2 Å². The highest BCUT2D eigenvalue weighted by Gasteiger charge is 2.54. The standard InChI is InChI=1S/C7H9F7/c1-2-3(8)4(9)5(10)7(13,14)6(11)12/h3-6H,2H2,1H3/t3?,4?,5-/m0/s1. The van der Waals surface area contributed by atoms with Crippen molar-refractivity contribution in [1.29, 1.82) is 0 Å². The van der Waals surface area contributed by atoms with Gasteiger partial charge in [0.15, 0.2) is 6.17 Å². The zero-order valence-corrected chi connectivity index (χ0v) is 7.16. The first-order valence-electron chi connectivity index (χ1n) is 3.83. The molecule has 14 heavy (non-hydrogen) atoms. The summed E-state index contributed by atoms with van der Waals surface area (Å²) < 4.78 is 84.6. The lowest BCUT2D eigenvalue weighted by Gasteiger charge is -2.23. The third kappa shape index (κ3) is 2.75. The largest absolute Gasteiger partial charge is 0.340 e. The molecule has 0 aliphatic heterocycles. The predicted molar refractivity (Wildman–Crippen MR) is 35.9 cm³/mol. The van der Waals surface area contributed by atoms with Crippen molar-refractivity contribution in [3.63, 3.8) is 0 Å². The summed E-state index contributed by atoms with van der Waals surface area (Å²) >= 11 is 0. The van der Waals surface area contributed by atoms with Gasteiger partial charge in [-0.2, -0.15) is 8.78 Å². The minimum Gasteiger partial charge on any atom is -0.244 e. The second-order valence-corrected chi connectivity index (χ2v) is 2.75. The minimum atomic E-state index is -5.15. The third-order valence-corrected chi connectivity index (χ3v) is 1.67. The van der Waals surface area contributed by atoms with Gasteiger partial charge in [0, 0.05) is 0 Å². The van der Waals surface area contributed by atoms with Crippen LogP contribution in [0.25, 0.3) is 0 Å².